The molecule has 2 heterocycles. The van der Waals surface area contributed by atoms with Crippen LogP contribution in [0.1, 0.15) is 43.7 Å². The molecule has 1 aliphatic carbocycles. The Hall–Kier alpha value is -2.14. The number of carbonyl (C=O) groups excluding carboxylic acids is 1. The maximum absolute atomic E-state index is 12.9. The summed E-state index contributed by atoms with van der Waals surface area (Å²) in [7, 11) is 0. The fraction of sp³-hybridized carbons (Fsp3) is 0.524. The van der Waals surface area contributed by atoms with Crippen LogP contribution in [0.15, 0.2) is 49.1 Å². The van der Waals surface area contributed by atoms with Crippen molar-refractivity contribution in [1.82, 2.24) is 19.8 Å². The summed E-state index contributed by atoms with van der Waals surface area (Å²) in [6, 6.07) is 10.9. The lowest BCUT2D eigenvalue weighted by Gasteiger charge is -2.35. The highest BCUT2D eigenvalue weighted by molar-refractivity contribution is 5.85. The van der Waals surface area contributed by atoms with Gasteiger partial charge in [-0.2, -0.15) is 0 Å². The van der Waals surface area contributed by atoms with Crippen LogP contribution < -0.4 is 5.32 Å². The van der Waals surface area contributed by atoms with Crippen LogP contribution in [0.25, 0.3) is 0 Å². The van der Waals surface area contributed by atoms with E-state index in [1.807, 2.05) is 10.8 Å². The average molecular weight is 352 g/mol. The first-order valence-electron chi connectivity index (χ1n) is 9.80. The zero-order valence-electron chi connectivity index (χ0n) is 15.3. The zero-order chi connectivity index (χ0) is 17.8. The van der Waals surface area contributed by atoms with Crippen LogP contribution in [0.4, 0.5) is 0 Å². The van der Waals surface area contributed by atoms with Crippen LogP contribution in [0.3, 0.4) is 0 Å². The Kier molecular flexibility index (Phi) is 5.07. The van der Waals surface area contributed by atoms with Gasteiger partial charge in [-0.15, -0.1) is 0 Å². The summed E-state index contributed by atoms with van der Waals surface area (Å²) in [5.41, 5.74) is 1.07. The predicted molar refractivity (Wildman–Crippen MR) is 102 cm³/mol. The summed E-state index contributed by atoms with van der Waals surface area (Å²) in [5, 5.41) is 3.28. The Morgan fingerprint density at radius 2 is 1.92 bits per heavy atom. The van der Waals surface area contributed by atoms with Crippen molar-refractivity contribution in [1.29, 1.82) is 0 Å². The van der Waals surface area contributed by atoms with Gasteiger partial charge in [0.1, 0.15) is 0 Å². The van der Waals surface area contributed by atoms with E-state index in [0.717, 1.165) is 32.5 Å². The van der Waals surface area contributed by atoms with Crippen molar-refractivity contribution in [3.05, 3.63) is 54.6 Å². The van der Waals surface area contributed by atoms with Crippen molar-refractivity contribution >= 4 is 5.91 Å². The number of piperidine rings is 1. The van der Waals surface area contributed by atoms with Gasteiger partial charge >= 0.3 is 0 Å². The van der Waals surface area contributed by atoms with Gasteiger partial charge in [-0.1, -0.05) is 36.8 Å². The number of nitrogens with zero attached hydrogens (tertiary/aromatic N) is 3. The lowest BCUT2D eigenvalue weighted by atomic mass is 10.0. The Morgan fingerprint density at radius 3 is 2.58 bits per heavy atom. The van der Waals surface area contributed by atoms with Crippen LogP contribution in [0.5, 0.6) is 0 Å². The highest BCUT2D eigenvalue weighted by Crippen LogP contribution is 2.47. The van der Waals surface area contributed by atoms with Gasteiger partial charge in [0.2, 0.25) is 5.91 Å². The zero-order valence-corrected chi connectivity index (χ0v) is 15.3. The summed E-state index contributed by atoms with van der Waals surface area (Å²) >= 11 is 0. The molecule has 0 radical (unpaired) electrons. The van der Waals surface area contributed by atoms with E-state index in [-0.39, 0.29) is 17.4 Å². The number of hydrogen-bond acceptors (Lipinski definition) is 3. The minimum absolute atomic E-state index is 0.198. The Bertz CT molecular complexity index is 703. The van der Waals surface area contributed by atoms with Crippen molar-refractivity contribution in [3.8, 4) is 0 Å². The van der Waals surface area contributed by atoms with E-state index in [0.29, 0.717) is 6.54 Å². The molecule has 138 valence electrons. The van der Waals surface area contributed by atoms with E-state index in [9.17, 15) is 4.79 Å². The molecule has 1 unspecified atom stereocenters. The number of carbonyl (C=O) groups is 1. The van der Waals surface area contributed by atoms with Crippen molar-refractivity contribution in [2.24, 2.45) is 5.41 Å². The molecule has 1 aliphatic heterocycles. The fourth-order valence-electron chi connectivity index (χ4n) is 4.08. The van der Waals surface area contributed by atoms with Crippen LogP contribution >= 0.6 is 0 Å². The maximum atomic E-state index is 12.9. The van der Waals surface area contributed by atoms with Crippen LogP contribution in [-0.2, 0) is 11.3 Å². The van der Waals surface area contributed by atoms with E-state index in [1.165, 1.54) is 24.8 Å². The summed E-state index contributed by atoms with van der Waals surface area (Å²) in [5.74, 6) is 0.198. The second kappa shape index (κ2) is 7.62. The minimum atomic E-state index is -0.232. The first-order valence-corrected chi connectivity index (χ1v) is 9.80. The van der Waals surface area contributed by atoms with Gasteiger partial charge in [0.25, 0.3) is 0 Å². The van der Waals surface area contributed by atoms with Crippen LogP contribution in [0, 0.1) is 5.41 Å². The predicted octanol–water partition coefficient (Wildman–Crippen LogP) is 3.01. The molecule has 1 amide bonds. The third-order valence-corrected chi connectivity index (χ3v) is 5.85. The number of imidazole rings is 1. The molecule has 1 saturated carbocycles. The second-order valence-electron chi connectivity index (χ2n) is 7.75. The largest absolute Gasteiger partial charge is 0.354 e. The molecule has 5 nitrogen and oxygen atoms in total. The lowest BCUT2D eigenvalue weighted by Crippen LogP contribution is -2.43. The molecule has 26 heavy (non-hydrogen) atoms. The molecule has 0 bridgehead atoms. The Balaban J connectivity index is 1.42. The molecule has 2 aromatic rings. The topological polar surface area (TPSA) is 50.2 Å². The van der Waals surface area contributed by atoms with E-state index in [4.69, 9.17) is 0 Å². The van der Waals surface area contributed by atoms with Gasteiger partial charge in [0.15, 0.2) is 0 Å². The molecule has 1 saturated heterocycles. The van der Waals surface area contributed by atoms with E-state index in [1.54, 1.807) is 12.5 Å². The molecule has 4 rings (SSSR count). The third-order valence-electron chi connectivity index (χ3n) is 5.85. The third kappa shape index (κ3) is 3.83. The summed E-state index contributed by atoms with van der Waals surface area (Å²) in [4.78, 5) is 19.5. The van der Waals surface area contributed by atoms with E-state index < -0.39 is 0 Å². The van der Waals surface area contributed by atoms with Crippen LogP contribution in [-0.4, -0.2) is 40.0 Å². The summed E-state index contributed by atoms with van der Waals surface area (Å²) in [6.45, 7) is 3.66. The molecule has 0 spiro atoms. The molecular formula is C21H28N4O. The Morgan fingerprint density at radius 1 is 1.15 bits per heavy atom. The van der Waals surface area contributed by atoms with E-state index >= 15 is 0 Å². The fourth-order valence-corrected chi connectivity index (χ4v) is 4.08. The molecule has 5 heteroatoms. The lowest BCUT2D eigenvalue weighted by molar-refractivity contribution is -0.127. The molecule has 2 aliphatic rings. The molecule has 1 aromatic carbocycles. The van der Waals surface area contributed by atoms with Gasteiger partial charge in [0, 0.05) is 25.5 Å². The number of amides is 1. The molecule has 1 N–H and O–H groups in total. The van der Waals surface area contributed by atoms with E-state index in [2.05, 4.69) is 45.5 Å². The standard InChI is InChI=1S/C21H28N4O/c26-20(21(9-10-21)16-24-14-11-22-17-24)23-15-19(18-7-3-1-4-8-18)25-12-5-2-6-13-25/h1,3-4,7-8,11,14,17,19H,2,5-6,9-10,12-13,15-16H2,(H,23,26). The number of nitrogens with one attached hydrogen (secondary N) is 1. The first-order chi connectivity index (χ1) is 12.8. The smallest absolute Gasteiger partial charge is 0.228 e. The number of benzene rings is 1. The molecule has 2 fully saturated rings. The van der Waals surface area contributed by atoms with Gasteiger partial charge < -0.3 is 9.88 Å². The van der Waals surface area contributed by atoms with Crippen LogP contribution in [0.2, 0.25) is 0 Å². The monoisotopic (exact) mass is 352 g/mol. The Labute approximate surface area is 155 Å². The second-order valence-corrected chi connectivity index (χ2v) is 7.75. The number of aromatic nitrogens is 2. The van der Waals surface area contributed by atoms with Crippen molar-refractivity contribution in [2.75, 3.05) is 19.6 Å². The SMILES string of the molecule is O=C(NCC(c1ccccc1)N1CCCCC1)C1(Cn2ccnc2)CC1. The average Bonchev–Trinajstić information content (AvgIpc) is 3.29. The van der Waals surface area contributed by atoms with Gasteiger partial charge in [0.05, 0.1) is 17.8 Å². The van der Waals surface area contributed by atoms with Gasteiger partial charge in [-0.25, -0.2) is 4.98 Å². The highest BCUT2D eigenvalue weighted by atomic mass is 16.2. The van der Waals surface area contributed by atoms with Crippen molar-refractivity contribution < 1.29 is 4.79 Å². The van der Waals surface area contributed by atoms with Crippen molar-refractivity contribution in [3.63, 3.8) is 0 Å². The number of rotatable bonds is 7. The highest BCUT2D eigenvalue weighted by Gasteiger charge is 2.50. The first kappa shape index (κ1) is 17.3. The summed E-state index contributed by atoms with van der Waals surface area (Å²) < 4.78 is 2.02. The maximum Gasteiger partial charge on any atom is 0.228 e. The minimum Gasteiger partial charge on any atom is -0.354 e. The molecular weight excluding hydrogens is 324 g/mol. The number of likely N-dealkylation sites (tertiary alicyclic amines) is 1. The molecule has 1 aromatic heterocycles. The quantitative estimate of drug-likeness (QED) is 0.833. The summed E-state index contributed by atoms with van der Waals surface area (Å²) in [6.07, 6.45) is 11.3. The van der Waals surface area contributed by atoms with Crippen molar-refractivity contribution in [2.45, 2.75) is 44.7 Å². The number of hydrogen-bond donors (Lipinski definition) is 1. The molecule has 1 atom stereocenters. The van der Waals surface area contributed by atoms with Gasteiger partial charge in [-0.3, -0.25) is 9.69 Å². The van der Waals surface area contributed by atoms with Gasteiger partial charge in [-0.05, 0) is 44.3 Å². The normalized spacial score (nSPS) is 20.5.